The van der Waals surface area contributed by atoms with Gasteiger partial charge in [0.05, 0.1) is 12.2 Å². The highest BCUT2D eigenvalue weighted by Crippen LogP contribution is 2.30. The molecule has 0 spiro atoms. The van der Waals surface area contributed by atoms with Crippen LogP contribution in [0.1, 0.15) is 39.7 Å². The van der Waals surface area contributed by atoms with E-state index in [9.17, 15) is 0 Å². The van der Waals surface area contributed by atoms with Gasteiger partial charge in [-0.1, -0.05) is 43.6 Å². The van der Waals surface area contributed by atoms with E-state index in [0.29, 0.717) is 17.2 Å². The third-order valence-corrected chi connectivity index (χ3v) is 7.49. The van der Waals surface area contributed by atoms with Gasteiger partial charge >= 0.3 is 0 Å². The molecule has 22 heavy (non-hydrogen) atoms. The van der Waals surface area contributed by atoms with E-state index in [2.05, 4.69) is 44.7 Å². The normalized spacial score (nSPS) is 24.2. The smallest absolute Gasteiger partial charge is 0.0678 e. The van der Waals surface area contributed by atoms with Crippen LogP contribution in [0.25, 0.3) is 0 Å². The van der Waals surface area contributed by atoms with Crippen LogP contribution in [0.15, 0.2) is 24.3 Å². The van der Waals surface area contributed by atoms with Crippen LogP contribution in [0.3, 0.4) is 0 Å². The maximum atomic E-state index is 6.28. The lowest BCUT2D eigenvalue weighted by atomic mass is 10.1. The van der Waals surface area contributed by atoms with E-state index in [1.165, 1.54) is 24.6 Å². The van der Waals surface area contributed by atoms with Crippen molar-refractivity contribution in [2.24, 2.45) is 0 Å². The third kappa shape index (κ3) is 5.69. The summed E-state index contributed by atoms with van der Waals surface area (Å²) in [5, 5.41) is 1.41. The number of ether oxygens (including phenoxy) is 1. The molecule has 0 amide bonds. The fraction of sp³-hybridized carbons (Fsp3) is 0.667. The second kappa shape index (κ2) is 7.96. The summed E-state index contributed by atoms with van der Waals surface area (Å²) in [7, 11) is -0.196. The molecule has 0 bridgehead atoms. The first-order valence-electron chi connectivity index (χ1n) is 8.47. The first kappa shape index (κ1) is 18.0. The largest absolute Gasteiger partial charge is 0.373 e. The standard InChI is InChI=1S/C18H30ClNOSi/c1-14-11-20(12-15(2)21-14)10-9-18(3,4)22-13-16-7-5-6-8-17(16)19/h5-8,14-15H,9-13,22H2,1-4H3. The third-order valence-electron chi connectivity index (χ3n) is 4.63. The van der Waals surface area contributed by atoms with Gasteiger partial charge in [-0.3, -0.25) is 4.90 Å². The van der Waals surface area contributed by atoms with Crippen LogP contribution in [0.5, 0.6) is 0 Å². The molecule has 2 atom stereocenters. The SMILES string of the molecule is CC1CN(CCC(C)(C)[SiH2]Cc2ccccc2Cl)CC(C)O1. The molecule has 2 unspecified atom stereocenters. The monoisotopic (exact) mass is 339 g/mol. The maximum absolute atomic E-state index is 6.28. The average molecular weight is 340 g/mol. The summed E-state index contributed by atoms with van der Waals surface area (Å²) in [4.78, 5) is 2.57. The second-order valence-corrected chi connectivity index (χ2v) is 10.8. The van der Waals surface area contributed by atoms with Gasteiger partial charge in [-0.15, -0.1) is 0 Å². The molecule has 1 fully saturated rings. The van der Waals surface area contributed by atoms with Gasteiger partial charge in [0.1, 0.15) is 0 Å². The van der Waals surface area contributed by atoms with Crippen molar-refractivity contribution in [1.29, 1.82) is 0 Å². The molecule has 4 heteroatoms. The van der Waals surface area contributed by atoms with Crippen LogP contribution in [-0.4, -0.2) is 46.3 Å². The molecule has 0 saturated carbocycles. The van der Waals surface area contributed by atoms with Crippen molar-refractivity contribution in [2.45, 2.75) is 57.4 Å². The Morgan fingerprint density at radius 2 is 1.86 bits per heavy atom. The first-order valence-corrected chi connectivity index (χ1v) is 10.6. The van der Waals surface area contributed by atoms with Gasteiger partial charge in [0.15, 0.2) is 0 Å². The lowest BCUT2D eigenvalue weighted by molar-refractivity contribution is -0.0685. The second-order valence-electron chi connectivity index (χ2n) is 7.52. The highest BCUT2D eigenvalue weighted by atomic mass is 35.5. The Balaban J connectivity index is 1.79. The molecule has 0 aromatic heterocycles. The Bertz CT molecular complexity index is 470. The summed E-state index contributed by atoms with van der Waals surface area (Å²) < 4.78 is 5.82. The van der Waals surface area contributed by atoms with E-state index in [-0.39, 0.29) is 9.52 Å². The summed E-state index contributed by atoms with van der Waals surface area (Å²) in [6.07, 6.45) is 2.02. The highest BCUT2D eigenvalue weighted by Gasteiger charge is 2.25. The van der Waals surface area contributed by atoms with Crippen LogP contribution in [0, 0.1) is 0 Å². The van der Waals surface area contributed by atoms with Crippen molar-refractivity contribution in [2.75, 3.05) is 19.6 Å². The van der Waals surface area contributed by atoms with Gasteiger partial charge in [-0.25, -0.2) is 0 Å². The Morgan fingerprint density at radius 1 is 1.23 bits per heavy atom. The van der Waals surface area contributed by atoms with E-state index in [1.807, 2.05) is 12.1 Å². The molecule has 0 radical (unpaired) electrons. The van der Waals surface area contributed by atoms with Gasteiger partial charge in [0.2, 0.25) is 0 Å². The van der Waals surface area contributed by atoms with Crippen LogP contribution in [0.2, 0.25) is 10.1 Å². The van der Waals surface area contributed by atoms with Crippen molar-refractivity contribution in [3.63, 3.8) is 0 Å². The van der Waals surface area contributed by atoms with E-state index in [0.717, 1.165) is 18.1 Å². The number of benzene rings is 1. The van der Waals surface area contributed by atoms with Gasteiger partial charge in [0, 0.05) is 27.6 Å². The Labute approximate surface area is 143 Å². The molecule has 124 valence electrons. The quantitative estimate of drug-likeness (QED) is 0.733. The van der Waals surface area contributed by atoms with Crippen LogP contribution in [-0.2, 0) is 10.8 Å². The summed E-state index contributed by atoms with van der Waals surface area (Å²) in [6.45, 7) is 12.6. The van der Waals surface area contributed by atoms with Crippen molar-refractivity contribution in [3.8, 4) is 0 Å². The molecule has 1 saturated heterocycles. The predicted molar refractivity (Wildman–Crippen MR) is 98.8 cm³/mol. The molecule has 1 aliphatic rings. The minimum absolute atomic E-state index is 0.196. The van der Waals surface area contributed by atoms with Gasteiger partial charge in [0.25, 0.3) is 0 Å². The Hall–Kier alpha value is -0.353. The van der Waals surface area contributed by atoms with Gasteiger partial charge in [-0.2, -0.15) is 0 Å². The predicted octanol–water partition coefficient (Wildman–Crippen LogP) is 3.71. The molecular formula is C18H30ClNOSi. The van der Waals surface area contributed by atoms with Gasteiger partial charge in [-0.05, 0) is 49.5 Å². The molecule has 1 heterocycles. The molecular weight excluding hydrogens is 310 g/mol. The number of nitrogens with zero attached hydrogens (tertiary/aromatic N) is 1. The molecule has 1 aliphatic heterocycles. The van der Waals surface area contributed by atoms with E-state index in [4.69, 9.17) is 16.3 Å². The van der Waals surface area contributed by atoms with Crippen LogP contribution in [0.4, 0.5) is 0 Å². The fourth-order valence-electron chi connectivity index (χ4n) is 3.23. The Morgan fingerprint density at radius 3 is 2.50 bits per heavy atom. The Kier molecular flexibility index (Phi) is 6.51. The zero-order chi connectivity index (χ0) is 16.2. The topological polar surface area (TPSA) is 12.5 Å². The first-order chi connectivity index (χ1) is 10.4. The zero-order valence-electron chi connectivity index (χ0n) is 14.4. The van der Waals surface area contributed by atoms with E-state index >= 15 is 0 Å². The summed E-state index contributed by atoms with van der Waals surface area (Å²) >= 11 is 6.28. The average Bonchev–Trinajstić information content (AvgIpc) is 2.44. The summed E-state index contributed by atoms with van der Waals surface area (Å²) in [5.74, 6) is 0. The van der Waals surface area contributed by atoms with Crippen molar-refractivity contribution >= 4 is 21.1 Å². The lowest BCUT2D eigenvalue weighted by Gasteiger charge is -2.37. The summed E-state index contributed by atoms with van der Waals surface area (Å²) in [6, 6.07) is 9.49. The number of hydrogen-bond donors (Lipinski definition) is 0. The van der Waals surface area contributed by atoms with E-state index < -0.39 is 0 Å². The number of rotatable bonds is 6. The molecule has 1 aromatic rings. The summed E-state index contributed by atoms with van der Waals surface area (Å²) in [5.41, 5.74) is 1.33. The minimum atomic E-state index is -0.196. The number of hydrogen-bond acceptors (Lipinski definition) is 2. The highest BCUT2D eigenvalue weighted by molar-refractivity contribution is 6.40. The molecule has 2 rings (SSSR count). The molecule has 0 N–H and O–H groups in total. The lowest BCUT2D eigenvalue weighted by Crippen LogP contribution is -2.46. The van der Waals surface area contributed by atoms with E-state index in [1.54, 1.807) is 0 Å². The zero-order valence-corrected chi connectivity index (χ0v) is 16.6. The van der Waals surface area contributed by atoms with Crippen molar-refractivity contribution in [3.05, 3.63) is 34.9 Å². The minimum Gasteiger partial charge on any atom is -0.373 e. The molecule has 2 nitrogen and oxygen atoms in total. The molecule has 0 aliphatic carbocycles. The van der Waals surface area contributed by atoms with Crippen LogP contribution < -0.4 is 0 Å². The number of halogens is 1. The maximum Gasteiger partial charge on any atom is 0.0678 e. The number of morpholine rings is 1. The fourth-order valence-corrected chi connectivity index (χ4v) is 5.41. The van der Waals surface area contributed by atoms with Crippen LogP contribution >= 0.6 is 11.6 Å². The van der Waals surface area contributed by atoms with Crippen molar-refractivity contribution < 1.29 is 4.74 Å². The van der Waals surface area contributed by atoms with Crippen molar-refractivity contribution in [1.82, 2.24) is 4.90 Å². The van der Waals surface area contributed by atoms with Gasteiger partial charge < -0.3 is 4.74 Å². The molecule has 1 aromatic carbocycles.